The molecule has 0 fully saturated rings. The van der Waals surface area contributed by atoms with Crippen LogP contribution in [0.4, 0.5) is 0 Å². The Labute approximate surface area is 302 Å². The van der Waals surface area contributed by atoms with Crippen LogP contribution in [0.1, 0.15) is 0 Å². The summed E-state index contributed by atoms with van der Waals surface area (Å²) in [7, 11) is 0. The molecule has 3 nitrogen and oxygen atoms in total. The lowest BCUT2D eigenvalue weighted by molar-refractivity contribution is 0.480. The fourth-order valence-electron chi connectivity index (χ4n) is 8.32. The van der Waals surface area contributed by atoms with Gasteiger partial charge in [0.1, 0.15) is 17.2 Å². The maximum atomic E-state index is 6.94. The lowest BCUT2D eigenvalue weighted by Gasteiger charge is -2.33. The molecule has 0 atom stereocenters. The number of para-hydroxylation sites is 3. The van der Waals surface area contributed by atoms with Gasteiger partial charge in [0.2, 0.25) is 0 Å². The second kappa shape index (κ2) is 11.4. The van der Waals surface area contributed by atoms with Crippen LogP contribution in [-0.4, -0.2) is 11.5 Å². The third-order valence-corrected chi connectivity index (χ3v) is 10.7. The number of hydrogen-bond donors (Lipinski definition) is 0. The molecule has 0 bridgehead atoms. The SMILES string of the molecule is c1ccc(-c2ccccc2-c2cc3c4c(c2)-c2ccccc2OB4c2ccc(-c4cccc(-n5c6ccccc6c6ccccc65)c4)cc2O3)cc1. The highest BCUT2D eigenvalue weighted by Gasteiger charge is 2.41. The zero-order valence-corrected chi connectivity index (χ0v) is 28.2. The van der Waals surface area contributed by atoms with Crippen molar-refractivity contribution in [3.63, 3.8) is 0 Å². The molecule has 4 heteroatoms. The zero-order valence-electron chi connectivity index (χ0n) is 28.2. The van der Waals surface area contributed by atoms with E-state index >= 15 is 0 Å². The average molecular weight is 664 g/mol. The molecule has 9 aromatic rings. The summed E-state index contributed by atoms with van der Waals surface area (Å²) >= 11 is 0. The van der Waals surface area contributed by atoms with Gasteiger partial charge in [0.05, 0.1) is 11.0 Å². The highest BCUT2D eigenvalue weighted by molar-refractivity contribution is 6.84. The third-order valence-electron chi connectivity index (χ3n) is 10.7. The molecule has 0 N–H and O–H groups in total. The summed E-state index contributed by atoms with van der Waals surface area (Å²) in [4.78, 5) is 0. The fourth-order valence-corrected chi connectivity index (χ4v) is 8.32. The van der Waals surface area contributed by atoms with Crippen LogP contribution >= 0.6 is 0 Å². The van der Waals surface area contributed by atoms with E-state index in [4.69, 9.17) is 9.39 Å². The Morgan fingerprint density at radius 1 is 0.385 bits per heavy atom. The van der Waals surface area contributed by atoms with Gasteiger partial charge in [-0.2, -0.15) is 0 Å². The maximum Gasteiger partial charge on any atom is 0.434 e. The van der Waals surface area contributed by atoms with Gasteiger partial charge in [-0.05, 0) is 87.5 Å². The molecule has 3 heterocycles. The molecule has 0 unspecified atom stereocenters. The minimum atomic E-state index is -0.278. The van der Waals surface area contributed by atoms with Gasteiger partial charge in [0.15, 0.2) is 0 Å². The first kappa shape index (κ1) is 29.0. The summed E-state index contributed by atoms with van der Waals surface area (Å²) < 4.78 is 16.1. The molecule has 0 radical (unpaired) electrons. The second-order valence-corrected chi connectivity index (χ2v) is 13.6. The molecule has 0 saturated heterocycles. The predicted octanol–water partition coefficient (Wildman–Crippen LogP) is 11.1. The monoisotopic (exact) mass is 663 g/mol. The minimum Gasteiger partial charge on any atom is -0.551 e. The van der Waals surface area contributed by atoms with Crippen molar-refractivity contribution >= 4 is 39.6 Å². The Bertz CT molecular complexity index is 2820. The van der Waals surface area contributed by atoms with Crippen LogP contribution in [0.5, 0.6) is 17.2 Å². The van der Waals surface area contributed by atoms with E-state index in [0.29, 0.717) is 0 Å². The van der Waals surface area contributed by atoms with Crippen LogP contribution < -0.4 is 20.3 Å². The largest absolute Gasteiger partial charge is 0.551 e. The summed E-state index contributed by atoms with van der Waals surface area (Å²) in [6.45, 7) is -0.278. The maximum absolute atomic E-state index is 6.94. The van der Waals surface area contributed by atoms with Crippen LogP contribution in [0.15, 0.2) is 182 Å². The van der Waals surface area contributed by atoms with Crippen LogP contribution in [0.25, 0.3) is 72.0 Å². The standard InChI is InChI=1S/C48H30BNO2/c1-2-13-31(14-3-1)36-17-4-5-18-37(36)34-28-41-40-21-8-11-24-45(40)52-49-42-26-25-33(29-46(42)51-47(30-34)48(41)49)32-15-12-16-35(27-32)50-43-22-9-6-19-38(43)39-20-7-10-23-44(39)50/h1-30H. The Balaban J connectivity index is 1.05. The number of fused-ring (bicyclic) bond motifs is 7. The smallest absolute Gasteiger partial charge is 0.434 e. The molecule has 0 spiro atoms. The van der Waals surface area contributed by atoms with Crippen molar-refractivity contribution in [2.75, 3.05) is 0 Å². The van der Waals surface area contributed by atoms with Crippen molar-refractivity contribution in [1.29, 1.82) is 0 Å². The van der Waals surface area contributed by atoms with E-state index in [0.717, 1.165) is 61.7 Å². The van der Waals surface area contributed by atoms with Crippen molar-refractivity contribution in [3.05, 3.63) is 182 Å². The number of hydrogen-bond acceptors (Lipinski definition) is 2. The van der Waals surface area contributed by atoms with Crippen LogP contribution in [-0.2, 0) is 0 Å². The molecule has 8 aromatic carbocycles. The van der Waals surface area contributed by atoms with E-state index in [1.807, 2.05) is 6.07 Å². The van der Waals surface area contributed by atoms with E-state index in [2.05, 4.69) is 180 Å². The van der Waals surface area contributed by atoms with Gasteiger partial charge >= 0.3 is 6.92 Å². The highest BCUT2D eigenvalue weighted by atomic mass is 16.5. The average Bonchev–Trinajstić information content (AvgIpc) is 3.55. The fraction of sp³-hybridized carbons (Fsp3) is 0. The molecule has 0 saturated carbocycles. The molecule has 2 aliphatic heterocycles. The van der Waals surface area contributed by atoms with E-state index in [1.165, 1.54) is 38.5 Å². The first-order valence-electron chi connectivity index (χ1n) is 17.8. The number of nitrogens with zero attached hydrogens (tertiary/aromatic N) is 1. The van der Waals surface area contributed by atoms with E-state index < -0.39 is 0 Å². The third kappa shape index (κ3) is 4.41. The molecule has 2 aliphatic rings. The van der Waals surface area contributed by atoms with Crippen molar-refractivity contribution in [1.82, 2.24) is 4.57 Å². The Hall–Kier alpha value is -6.78. The van der Waals surface area contributed by atoms with Gasteiger partial charge in [0.25, 0.3) is 0 Å². The predicted molar refractivity (Wildman–Crippen MR) is 215 cm³/mol. The summed E-state index contributed by atoms with van der Waals surface area (Å²) in [6, 6.07) is 64.7. The Morgan fingerprint density at radius 2 is 1.00 bits per heavy atom. The molecule has 0 amide bonds. The van der Waals surface area contributed by atoms with E-state index in [1.54, 1.807) is 0 Å². The lowest BCUT2D eigenvalue weighted by Crippen LogP contribution is -2.53. The Morgan fingerprint density at radius 3 is 1.79 bits per heavy atom. The Kier molecular flexibility index (Phi) is 6.35. The van der Waals surface area contributed by atoms with E-state index in [9.17, 15) is 0 Å². The molecular formula is C48H30BNO2. The number of ether oxygens (including phenoxy) is 1. The van der Waals surface area contributed by atoms with Crippen LogP contribution in [0.2, 0.25) is 0 Å². The summed E-state index contributed by atoms with van der Waals surface area (Å²) in [5.74, 6) is 2.53. The van der Waals surface area contributed by atoms with Gasteiger partial charge < -0.3 is 14.0 Å². The van der Waals surface area contributed by atoms with Gasteiger partial charge in [-0.1, -0.05) is 133 Å². The second-order valence-electron chi connectivity index (χ2n) is 13.6. The zero-order chi connectivity index (χ0) is 34.2. The van der Waals surface area contributed by atoms with Gasteiger partial charge in [-0.15, -0.1) is 0 Å². The number of aromatic nitrogens is 1. The molecular weight excluding hydrogens is 633 g/mol. The molecule has 242 valence electrons. The number of benzene rings is 8. The molecule has 52 heavy (non-hydrogen) atoms. The van der Waals surface area contributed by atoms with Crippen LogP contribution in [0, 0.1) is 0 Å². The summed E-state index contributed by atoms with van der Waals surface area (Å²) in [5, 5.41) is 2.51. The van der Waals surface area contributed by atoms with Crippen molar-refractivity contribution in [2.45, 2.75) is 0 Å². The van der Waals surface area contributed by atoms with Crippen molar-refractivity contribution < 1.29 is 9.39 Å². The first-order valence-corrected chi connectivity index (χ1v) is 17.8. The topological polar surface area (TPSA) is 23.4 Å². The van der Waals surface area contributed by atoms with Crippen molar-refractivity contribution in [2.24, 2.45) is 0 Å². The minimum absolute atomic E-state index is 0.278. The van der Waals surface area contributed by atoms with Crippen molar-refractivity contribution in [3.8, 4) is 67.4 Å². The van der Waals surface area contributed by atoms with Gasteiger partial charge in [-0.3, -0.25) is 0 Å². The molecule has 11 rings (SSSR count). The molecule has 1 aromatic heterocycles. The van der Waals surface area contributed by atoms with Gasteiger partial charge in [0, 0.05) is 32.9 Å². The molecule has 0 aliphatic carbocycles. The lowest BCUT2D eigenvalue weighted by atomic mass is 9.50. The first-order chi connectivity index (χ1) is 25.8. The summed E-state index contributed by atoms with van der Waals surface area (Å²) in [6.07, 6.45) is 0. The van der Waals surface area contributed by atoms with Gasteiger partial charge in [-0.25, -0.2) is 0 Å². The van der Waals surface area contributed by atoms with E-state index in [-0.39, 0.29) is 6.92 Å². The summed E-state index contributed by atoms with van der Waals surface area (Å²) in [5.41, 5.74) is 14.7. The number of rotatable bonds is 4. The van der Waals surface area contributed by atoms with Crippen LogP contribution in [0.3, 0.4) is 0 Å². The highest BCUT2D eigenvalue weighted by Crippen LogP contribution is 2.43. The quantitative estimate of drug-likeness (QED) is 0.175. The normalized spacial score (nSPS) is 12.5.